The maximum atomic E-state index is 13.6. The third-order valence-electron chi connectivity index (χ3n) is 7.67. The standard InChI is InChI=1S/C26H35F3N5O2P/c1-30-21-15-23(33(2)25-24(21)19(16-31-25)26(27,28)29)32-20-5-4-18(14-22(20)35-3)37-12-8-34(9-13-37)17-6-10-36-11-7-17/h4-5,14-17,23,30-32H,6-13H2,1-3H3. The van der Waals surface area contributed by atoms with Crippen molar-refractivity contribution in [1.82, 2.24) is 15.2 Å². The minimum atomic E-state index is -4.44. The molecule has 1 unspecified atom stereocenters. The van der Waals surface area contributed by atoms with Gasteiger partial charge in [0.05, 0.1) is 23.9 Å². The number of methoxy groups -OCH3 is 1. The van der Waals surface area contributed by atoms with E-state index in [1.807, 2.05) is 6.07 Å². The van der Waals surface area contributed by atoms with Crippen LogP contribution >= 0.6 is 7.92 Å². The van der Waals surface area contributed by atoms with E-state index in [2.05, 4.69) is 32.7 Å². The smallest absolute Gasteiger partial charge is 0.418 e. The molecule has 0 radical (unpaired) electrons. The van der Waals surface area contributed by atoms with Gasteiger partial charge in [0.2, 0.25) is 0 Å². The molecule has 2 fully saturated rings. The predicted molar refractivity (Wildman–Crippen MR) is 143 cm³/mol. The summed E-state index contributed by atoms with van der Waals surface area (Å²) in [4.78, 5) is 7.23. The van der Waals surface area contributed by atoms with Crippen LogP contribution < -0.4 is 25.6 Å². The summed E-state index contributed by atoms with van der Waals surface area (Å²) in [5.41, 5.74) is 0.680. The Labute approximate surface area is 217 Å². The highest BCUT2D eigenvalue weighted by atomic mass is 31.1. The zero-order valence-electron chi connectivity index (χ0n) is 21.5. The van der Waals surface area contributed by atoms with E-state index < -0.39 is 11.7 Å². The number of likely N-dealkylation sites (N-methyl/N-ethyl adjacent to an activating group) is 1. The summed E-state index contributed by atoms with van der Waals surface area (Å²) in [7, 11) is 4.81. The van der Waals surface area contributed by atoms with E-state index >= 15 is 0 Å². The molecule has 37 heavy (non-hydrogen) atoms. The highest BCUT2D eigenvalue weighted by Crippen LogP contribution is 2.43. The summed E-state index contributed by atoms with van der Waals surface area (Å²) in [5, 5.41) is 7.72. The number of benzene rings is 1. The Kier molecular flexibility index (Phi) is 7.61. The topological polar surface area (TPSA) is 64.8 Å². The second kappa shape index (κ2) is 10.8. The Morgan fingerprint density at radius 2 is 1.89 bits per heavy atom. The van der Waals surface area contributed by atoms with Gasteiger partial charge in [-0.1, -0.05) is 14.0 Å². The number of H-pyrrole nitrogens is 1. The van der Waals surface area contributed by atoms with Crippen molar-refractivity contribution in [2.45, 2.75) is 31.2 Å². The van der Waals surface area contributed by atoms with Crippen molar-refractivity contribution in [3.05, 3.63) is 41.6 Å². The van der Waals surface area contributed by atoms with Crippen molar-refractivity contribution in [1.29, 1.82) is 0 Å². The number of aromatic amines is 1. The number of hydrogen-bond acceptors (Lipinski definition) is 6. The molecule has 7 nitrogen and oxygen atoms in total. The van der Waals surface area contributed by atoms with Crippen LogP contribution in [0.1, 0.15) is 24.0 Å². The molecule has 3 aliphatic rings. The molecular weight excluding hydrogens is 502 g/mol. The van der Waals surface area contributed by atoms with Gasteiger partial charge in [-0.2, -0.15) is 13.2 Å². The zero-order chi connectivity index (χ0) is 26.2. The molecule has 0 amide bonds. The lowest BCUT2D eigenvalue weighted by molar-refractivity contribution is -0.137. The van der Waals surface area contributed by atoms with Crippen LogP contribution in [0.4, 0.5) is 24.7 Å². The van der Waals surface area contributed by atoms with Crippen LogP contribution in [0.2, 0.25) is 0 Å². The number of aromatic nitrogens is 1. The van der Waals surface area contributed by atoms with Gasteiger partial charge in [-0.25, -0.2) is 0 Å². The molecule has 4 heterocycles. The first-order valence-corrected chi connectivity index (χ1v) is 14.4. The summed E-state index contributed by atoms with van der Waals surface area (Å²) in [6.07, 6.45) is 2.61. The number of hydrogen-bond donors (Lipinski definition) is 3. The first-order valence-electron chi connectivity index (χ1n) is 12.7. The number of nitrogens with zero attached hydrogens (tertiary/aromatic N) is 2. The number of rotatable bonds is 6. The van der Waals surface area contributed by atoms with Crippen molar-refractivity contribution in [2.24, 2.45) is 0 Å². The van der Waals surface area contributed by atoms with E-state index in [1.165, 1.54) is 17.6 Å². The van der Waals surface area contributed by atoms with Crippen molar-refractivity contribution < 1.29 is 22.6 Å². The maximum Gasteiger partial charge on any atom is 0.418 e. The Bertz CT molecular complexity index is 1120. The summed E-state index contributed by atoms with van der Waals surface area (Å²) in [6, 6.07) is 7.00. The van der Waals surface area contributed by atoms with Crippen LogP contribution in [0.25, 0.3) is 5.70 Å². The van der Waals surface area contributed by atoms with E-state index in [0.29, 0.717) is 17.6 Å². The van der Waals surface area contributed by atoms with Crippen molar-refractivity contribution in [3.8, 4) is 5.75 Å². The number of alkyl halides is 3. The second-order valence-electron chi connectivity index (χ2n) is 9.71. The first kappa shape index (κ1) is 26.2. The van der Waals surface area contributed by atoms with Gasteiger partial charge in [-0.3, -0.25) is 4.90 Å². The number of fused-ring (bicyclic) bond motifs is 1. The molecule has 11 heteroatoms. The van der Waals surface area contributed by atoms with Crippen molar-refractivity contribution >= 4 is 30.4 Å². The summed E-state index contributed by atoms with van der Waals surface area (Å²) in [5.74, 6) is 1.15. The molecule has 5 rings (SSSR count). The molecule has 1 atom stereocenters. The molecule has 2 aromatic rings. The normalized spacial score (nSPS) is 21.9. The van der Waals surface area contributed by atoms with Gasteiger partial charge >= 0.3 is 6.18 Å². The largest absolute Gasteiger partial charge is 0.495 e. The van der Waals surface area contributed by atoms with Gasteiger partial charge < -0.3 is 30.0 Å². The predicted octanol–water partition coefficient (Wildman–Crippen LogP) is 4.09. The van der Waals surface area contributed by atoms with E-state index in [0.717, 1.165) is 56.8 Å². The molecule has 0 aliphatic carbocycles. The van der Waals surface area contributed by atoms with Crippen molar-refractivity contribution in [3.63, 3.8) is 0 Å². The third kappa shape index (κ3) is 5.29. The lowest BCUT2D eigenvalue weighted by Gasteiger charge is -2.39. The highest BCUT2D eigenvalue weighted by Gasteiger charge is 2.39. The summed E-state index contributed by atoms with van der Waals surface area (Å²) < 4.78 is 52.0. The van der Waals surface area contributed by atoms with Crippen molar-refractivity contribution in [2.75, 3.05) is 70.0 Å². The molecular formula is C26H35F3N5O2P. The van der Waals surface area contributed by atoms with Crippen LogP contribution in [0.5, 0.6) is 5.75 Å². The molecule has 3 N–H and O–H groups in total. The fourth-order valence-corrected chi connectivity index (χ4v) is 7.90. The molecule has 202 valence electrons. The lowest BCUT2D eigenvalue weighted by atomic mass is 10.0. The average Bonchev–Trinajstić information content (AvgIpc) is 3.38. The Balaban J connectivity index is 1.30. The molecule has 0 bridgehead atoms. The average molecular weight is 538 g/mol. The van der Waals surface area contributed by atoms with Crippen LogP contribution in [-0.2, 0) is 10.9 Å². The Hall–Kier alpha value is -2.42. The van der Waals surface area contributed by atoms with Gasteiger partial charge in [-0.15, -0.1) is 0 Å². The molecule has 2 saturated heterocycles. The minimum absolute atomic E-state index is 0.132. The zero-order valence-corrected chi connectivity index (χ0v) is 22.4. The van der Waals surface area contributed by atoms with Crippen LogP contribution in [0.3, 0.4) is 0 Å². The van der Waals surface area contributed by atoms with Gasteiger partial charge in [0.15, 0.2) is 0 Å². The Morgan fingerprint density at radius 3 is 2.54 bits per heavy atom. The first-order chi connectivity index (χ1) is 17.8. The van der Waals surface area contributed by atoms with E-state index in [1.54, 1.807) is 32.2 Å². The third-order valence-corrected chi connectivity index (χ3v) is 10.2. The fourth-order valence-electron chi connectivity index (χ4n) is 5.58. The highest BCUT2D eigenvalue weighted by molar-refractivity contribution is 7.65. The number of halogens is 3. The lowest BCUT2D eigenvalue weighted by Crippen LogP contribution is -2.45. The number of nitrogens with one attached hydrogen (secondary N) is 3. The molecule has 0 spiro atoms. The quantitative estimate of drug-likeness (QED) is 0.483. The Morgan fingerprint density at radius 1 is 1.16 bits per heavy atom. The van der Waals surface area contributed by atoms with Gasteiger partial charge in [0, 0.05) is 58.3 Å². The van der Waals surface area contributed by atoms with Gasteiger partial charge in [0.25, 0.3) is 0 Å². The molecule has 0 saturated carbocycles. The van der Waals surface area contributed by atoms with E-state index in [9.17, 15) is 13.2 Å². The molecule has 1 aromatic heterocycles. The van der Waals surface area contributed by atoms with E-state index in [-0.39, 0.29) is 19.7 Å². The van der Waals surface area contributed by atoms with Gasteiger partial charge in [0.1, 0.15) is 17.7 Å². The summed E-state index contributed by atoms with van der Waals surface area (Å²) in [6.45, 7) is 4.00. The fraction of sp³-hybridized carbons (Fsp3) is 0.538. The summed E-state index contributed by atoms with van der Waals surface area (Å²) >= 11 is 0. The van der Waals surface area contributed by atoms with Crippen LogP contribution in [-0.4, -0.2) is 81.9 Å². The van der Waals surface area contributed by atoms with Crippen LogP contribution in [0.15, 0.2) is 30.5 Å². The van der Waals surface area contributed by atoms with E-state index in [4.69, 9.17) is 9.47 Å². The minimum Gasteiger partial charge on any atom is -0.495 e. The number of anilines is 2. The maximum absolute atomic E-state index is 13.6. The van der Waals surface area contributed by atoms with Crippen LogP contribution in [0, 0.1) is 0 Å². The SMILES string of the molecule is CNC1=CC(Nc2ccc(P3CCN(C4CCOCC4)CC3)cc2OC)N(C)c2[nH]cc(C(F)(F)F)c21. The monoisotopic (exact) mass is 537 g/mol. The molecule has 3 aliphatic heterocycles. The molecule has 1 aromatic carbocycles. The number of ether oxygens (including phenoxy) is 2. The van der Waals surface area contributed by atoms with Gasteiger partial charge in [-0.05, 0) is 48.7 Å². The second-order valence-corrected chi connectivity index (χ2v) is 12.2.